The van der Waals surface area contributed by atoms with Gasteiger partial charge in [0.15, 0.2) is 5.65 Å². The number of ether oxygens (including phenoxy) is 1. The molecule has 174 valence electrons. The van der Waals surface area contributed by atoms with Gasteiger partial charge in [-0.3, -0.25) is 14.0 Å². The summed E-state index contributed by atoms with van der Waals surface area (Å²) >= 11 is 5.96. The van der Waals surface area contributed by atoms with Gasteiger partial charge in [0, 0.05) is 52.8 Å². The van der Waals surface area contributed by atoms with E-state index in [9.17, 15) is 14.0 Å². The molecule has 7 nitrogen and oxygen atoms in total. The molecule has 5 rings (SSSR count). The molecule has 9 heteroatoms. The molecule has 0 spiro atoms. The zero-order valence-electron chi connectivity index (χ0n) is 18.6. The van der Waals surface area contributed by atoms with Crippen molar-refractivity contribution >= 4 is 17.2 Å². The Bertz CT molecular complexity index is 1510. The molecule has 0 bridgehead atoms. The third-order valence-electron chi connectivity index (χ3n) is 6.37. The minimum atomic E-state index is -0.537. The first-order chi connectivity index (χ1) is 16.3. The normalized spacial score (nSPS) is 18.4. The van der Waals surface area contributed by atoms with Crippen molar-refractivity contribution in [2.24, 2.45) is 0 Å². The quantitative estimate of drug-likeness (QED) is 0.466. The van der Waals surface area contributed by atoms with Gasteiger partial charge in [-0.25, -0.2) is 14.4 Å². The lowest BCUT2D eigenvalue weighted by atomic mass is 9.90. The Morgan fingerprint density at radius 1 is 1.18 bits per heavy atom. The molecule has 34 heavy (non-hydrogen) atoms. The largest absolute Gasteiger partial charge is 0.373 e. The summed E-state index contributed by atoms with van der Waals surface area (Å²) in [5.41, 5.74) is 3.02. The molecule has 1 aliphatic heterocycles. The Labute approximate surface area is 199 Å². The van der Waals surface area contributed by atoms with Gasteiger partial charge in [0.1, 0.15) is 11.5 Å². The lowest BCUT2D eigenvalue weighted by Gasteiger charge is -2.30. The van der Waals surface area contributed by atoms with Gasteiger partial charge in [0.2, 0.25) is 5.56 Å². The van der Waals surface area contributed by atoms with Crippen LogP contribution in [0.3, 0.4) is 0 Å². The molecule has 1 aliphatic rings. The van der Waals surface area contributed by atoms with Crippen LogP contribution in [0.2, 0.25) is 5.02 Å². The molecule has 0 amide bonds. The van der Waals surface area contributed by atoms with Gasteiger partial charge in [-0.2, -0.15) is 0 Å². The molecular formula is C25H22ClFN4O3. The molecule has 1 N–H and O–H groups in total. The monoisotopic (exact) mass is 480 g/mol. The second-order valence-corrected chi connectivity index (χ2v) is 8.96. The number of H-pyrrole nitrogens is 1. The van der Waals surface area contributed by atoms with Crippen molar-refractivity contribution < 1.29 is 9.13 Å². The number of benzene rings is 1. The second kappa shape index (κ2) is 8.77. The lowest BCUT2D eigenvalue weighted by molar-refractivity contribution is 0.00438. The van der Waals surface area contributed by atoms with Crippen LogP contribution in [0, 0.1) is 19.7 Å². The van der Waals surface area contributed by atoms with Gasteiger partial charge < -0.3 is 9.72 Å². The molecule has 0 saturated carbocycles. The van der Waals surface area contributed by atoms with Crippen LogP contribution in [-0.4, -0.2) is 26.0 Å². The highest BCUT2D eigenvalue weighted by molar-refractivity contribution is 6.30. The number of rotatable bonds is 3. The van der Waals surface area contributed by atoms with Crippen LogP contribution >= 0.6 is 11.6 Å². The topological polar surface area (TPSA) is 89.3 Å². The summed E-state index contributed by atoms with van der Waals surface area (Å²) in [7, 11) is 0. The maximum Gasteiger partial charge on any atom is 0.261 e. The van der Waals surface area contributed by atoms with Gasteiger partial charge in [0.05, 0.1) is 11.8 Å². The summed E-state index contributed by atoms with van der Waals surface area (Å²) in [6, 6.07) is 7.58. The molecule has 0 unspecified atom stereocenters. The Hall–Kier alpha value is -3.36. The fourth-order valence-electron chi connectivity index (χ4n) is 4.33. The summed E-state index contributed by atoms with van der Waals surface area (Å²) in [5.74, 6) is -0.581. The Balaban J connectivity index is 1.66. The van der Waals surface area contributed by atoms with E-state index in [0.717, 1.165) is 5.56 Å². The van der Waals surface area contributed by atoms with E-state index in [4.69, 9.17) is 21.3 Å². The third-order valence-corrected chi connectivity index (χ3v) is 6.60. The van der Waals surface area contributed by atoms with Crippen molar-refractivity contribution in [3.8, 4) is 11.3 Å². The molecule has 2 atom stereocenters. The maximum absolute atomic E-state index is 14.9. The number of nitrogens with one attached hydrogen (secondary N) is 1. The fourth-order valence-corrected chi connectivity index (χ4v) is 4.49. The predicted molar refractivity (Wildman–Crippen MR) is 127 cm³/mol. The predicted octanol–water partition coefficient (Wildman–Crippen LogP) is 4.49. The highest BCUT2D eigenvalue weighted by Gasteiger charge is 2.28. The van der Waals surface area contributed by atoms with Crippen molar-refractivity contribution in [1.82, 2.24) is 19.4 Å². The van der Waals surface area contributed by atoms with Crippen LogP contribution in [0.15, 0.2) is 52.3 Å². The van der Waals surface area contributed by atoms with E-state index >= 15 is 0 Å². The van der Waals surface area contributed by atoms with Crippen molar-refractivity contribution in [3.63, 3.8) is 0 Å². The number of nitrogens with zero attached hydrogens (tertiary/aromatic N) is 3. The molecular weight excluding hydrogens is 459 g/mol. The Kier molecular flexibility index (Phi) is 5.79. The number of aromatic nitrogens is 4. The third kappa shape index (κ3) is 4.03. The van der Waals surface area contributed by atoms with E-state index in [2.05, 4.69) is 9.97 Å². The van der Waals surface area contributed by atoms with Crippen molar-refractivity contribution in [2.45, 2.75) is 38.7 Å². The maximum atomic E-state index is 14.9. The number of halogens is 2. The van der Waals surface area contributed by atoms with E-state index in [1.54, 1.807) is 44.4 Å². The summed E-state index contributed by atoms with van der Waals surface area (Å²) in [6.07, 6.45) is 4.40. The van der Waals surface area contributed by atoms with E-state index in [1.165, 1.54) is 16.5 Å². The molecule has 4 aromatic rings. The van der Waals surface area contributed by atoms with E-state index in [-0.39, 0.29) is 33.7 Å². The van der Waals surface area contributed by atoms with Crippen LogP contribution in [0.4, 0.5) is 4.39 Å². The summed E-state index contributed by atoms with van der Waals surface area (Å²) < 4.78 is 22.3. The summed E-state index contributed by atoms with van der Waals surface area (Å²) in [4.78, 5) is 36.7. The van der Waals surface area contributed by atoms with Crippen LogP contribution in [0.25, 0.3) is 16.9 Å². The van der Waals surface area contributed by atoms with Gasteiger partial charge in [-0.15, -0.1) is 0 Å². The molecule has 0 aliphatic carbocycles. The molecule has 3 aromatic heterocycles. The van der Waals surface area contributed by atoms with E-state index in [0.29, 0.717) is 47.7 Å². The fraction of sp³-hybridized carbons (Fsp3) is 0.280. The zero-order valence-corrected chi connectivity index (χ0v) is 19.4. The zero-order chi connectivity index (χ0) is 24.0. The summed E-state index contributed by atoms with van der Waals surface area (Å²) in [6.45, 7) is 3.96. The Morgan fingerprint density at radius 2 is 2.00 bits per heavy atom. The SMILES string of the molecule is Cc1nc2c(-c3ccc(Cl)cc3F)nc([C@H]3CCO[C@@H](c4ccc(=O)[nH]c4)C3)cn2c(=O)c1C. The van der Waals surface area contributed by atoms with Crippen LogP contribution < -0.4 is 11.1 Å². The van der Waals surface area contributed by atoms with Crippen molar-refractivity contribution in [3.05, 3.63) is 96.8 Å². The number of hydrogen-bond donors (Lipinski definition) is 1. The van der Waals surface area contributed by atoms with Gasteiger partial charge in [-0.05, 0) is 56.5 Å². The van der Waals surface area contributed by atoms with E-state index in [1.807, 2.05) is 0 Å². The number of pyridine rings is 1. The molecule has 1 aromatic carbocycles. The number of aryl methyl sites for hydroxylation is 1. The number of aromatic amines is 1. The van der Waals surface area contributed by atoms with E-state index < -0.39 is 5.82 Å². The molecule has 1 saturated heterocycles. The Morgan fingerprint density at radius 3 is 2.74 bits per heavy atom. The van der Waals surface area contributed by atoms with Crippen LogP contribution in [0.5, 0.6) is 0 Å². The first kappa shape index (κ1) is 22.4. The standard InChI is InChI=1S/C25H22ClFN4O3/c1-13-14(2)29-24-23(18-5-4-17(26)10-19(18)27)30-20(12-31(24)25(13)33)15-7-8-34-21(9-15)16-3-6-22(32)28-11-16/h3-6,10-12,15,21H,7-9H2,1-2H3,(H,28,32)/t15-,21+/m0/s1. The first-order valence-corrected chi connectivity index (χ1v) is 11.4. The van der Waals surface area contributed by atoms with Crippen molar-refractivity contribution in [2.75, 3.05) is 6.61 Å². The highest BCUT2D eigenvalue weighted by Crippen LogP contribution is 2.37. The molecule has 1 fully saturated rings. The minimum Gasteiger partial charge on any atom is -0.373 e. The second-order valence-electron chi connectivity index (χ2n) is 8.53. The lowest BCUT2D eigenvalue weighted by Crippen LogP contribution is -2.24. The average Bonchev–Trinajstić information content (AvgIpc) is 2.83. The average molecular weight is 481 g/mol. The van der Waals surface area contributed by atoms with Gasteiger partial charge in [0.25, 0.3) is 5.56 Å². The smallest absolute Gasteiger partial charge is 0.261 e. The molecule has 4 heterocycles. The minimum absolute atomic E-state index is 0.0438. The van der Waals surface area contributed by atoms with Gasteiger partial charge in [-0.1, -0.05) is 11.6 Å². The highest BCUT2D eigenvalue weighted by atomic mass is 35.5. The van der Waals surface area contributed by atoms with Crippen molar-refractivity contribution in [1.29, 1.82) is 0 Å². The first-order valence-electron chi connectivity index (χ1n) is 11.0. The number of fused-ring (bicyclic) bond motifs is 1. The number of hydrogen-bond acceptors (Lipinski definition) is 5. The van der Waals surface area contributed by atoms with Gasteiger partial charge >= 0.3 is 0 Å². The summed E-state index contributed by atoms with van der Waals surface area (Å²) in [5, 5.41) is 0.270. The van der Waals surface area contributed by atoms with Crippen LogP contribution in [0.1, 0.15) is 47.4 Å². The molecule has 0 radical (unpaired) electrons. The van der Waals surface area contributed by atoms with Crippen LogP contribution in [-0.2, 0) is 4.74 Å².